The van der Waals surface area contributed by atoms with Crippen LogP contribution >= 0.6 is 0 Å². The molecule has 0 fully saturated rings. The summed E-state index contributed by atoms with van der Waals surface area (Å²) in [6, 6.07) is 7.74. The molecule has 2 heterocycles. The second kappa shape index (κ2) is 12.7. The first-order valence-electron chi connectivity index (χ1n) is 13.4. The van der Waals surface area contributed by atoms with Crippen molar-refractivity contribution in [3.63, 3.8) is 0 Å². The summed E-state index contributed by atoms with van der Waals surface area (Å²) in [5.41, 5.74) is -2.54. The van der Waals surface area contributed by atoms with E-state index in [0.29, 0.717) is 5.56 Å². The SMILES string of the molecule is C[C@H](NC(=O)c1c(C(F)(F)F)nn2c1N(Cc1cc(CCCOS(C)(=O)=O)cc(C(F)(F)F)c1)CC2)c1ccc(C(=O)O)cc1. The number of halogens is 6. The predicted octanol–water partition coefficient (Wildman–Crippen LogP) is 5.04. The maximum Gasteiger partial charge on any atom is 0.436 e. The molecule has 0 saturated carbocycles. The van der Waals surface area contributed by atoms with Gasteiger partial charge in [-0.3, -0.25) is 8.98 Å². The second-order valence-electron chi connectivity index (χ2n) is 10.5. The number of carbonyl (C=O) groups is 2. The van der Waals surface area contributed by atoms with Crippen LogP contribution in [0.1, 0.15) is 68.1 Å². The molecule has 0 unspecified atom stereocenters. The lowest BCUT2D eigenvalue weighted by atomic mass is 10.0. The smallest absolute Gasteiger partial charge is 0.436 e. The van der Waals surface area contributed by atoms with E-state index in [0.717, 1.165) is 23.1 Å². The van der Waals surface area contributed by atoms with Crippen molar-refractivity contribution >= 4 is 27.8 Å². The van der Waals surface area contributed by atoms with E-state index < -0.39 is 57.2 Å². The van der Waals surface area contributed by atoms with Gasteiger partial charge in [0, 0.05) is 13.1 Å². The number of amides is 1. The quantitative estimate of drug-likeness (QED) is 0.166. The third kappa shape index (κ3) is 8.33. The largest absolute Gasteiger partial charge is 0.478 e. The van der Waals surface area contributed by atoms with Gasteiger partial charge in [-0.05, 0) is 60.7 Å². The van der Waals surface area contributed by atoms with Crippen LogP contribution < -0.4 is 10.2 Å². The molecule has 2 N–H and O–H groups in total. The van der Waals surface area contributed by atoms with Gasteiger partial charge in [0.1, 0.15) is 11.4 Å². The molecular formula is C28H28F6N4O6S. The maximum atomic E-state index is 14.1. The van der Waals surface area contributed by atoms with E-state index in [2.05, 4.69) is 14.6 Å². The van der Waals surface area contributed by atoms with E-state index in [9.17, 15) is 44.3 Å². The topological polar surface area (TPSA) is 131 Å². The number of rotatable bonds is 11. The Morgan fingerprint density at radius 2 is 1.67 bits per heavy atom. The van der Waals surface area contributed by atoms with Gasteiger partial charge in [0.25, 0.3) is 16.0 Å². The standard InChI is InChI=1S/C28H28F6N4O6S/c1-16(19-5-7-20(8-6-19)26(40)41)35-24(39)22-23(28(32,33)34)36-38-10-9-37(25(22)38)15-18-12-17(4-3-11-44-45(2,42)43)13-21(14-18)27(29,30)31/h5-8,12-14,16H,3-4,9-11,15H2,1-2H3,(H,35,39)(H,40,41)/t16-/m0/s1. The Morgan fingerprint density at radius 1 is 1.02 bits per heavy atom. The number of aromatic carboxylic acids is 1. The van der Waals surface area contributed by atoms with Gasteiger partial charge in [0.2, 0.25) is 0 Å². The van der Waals surface area contributed by atoms with Crippen molar-refractivity contribution in [2.45, 2.75) is 51.2 Å². The Bertz CT molecular complexity index is 1690. The first-order chi connectivity index (χ1) is 20.8. The summed E-state index contributed by atoms with van der Waals surface area (Å²) in [7, 11) is -3.74. The molecule has 1 aromatic heterocycles. The van der Waals surface area contributed by atoms with Gasteiger partial charge >= 0.3 is 18.3 Å². The van der Waals surface area contributed by atoms with E-state index in [1.165, 1.54) is 42.2 Å². The number of alkyl halides is 6. The van der Waals surface area contributed by atoms with Crippen LogP contribution in [-0.2, 0) is 46.2 Å². The zero-order valence-corrected chi connectivity index (χ0v) is 24.7. The van der Waals surface area contributed by atoms with Gasteiger partial charge < -0.3 is 15.3 Å². The Labute approximate surface area is 253 Å². The van der Waals surface area contributed by atoms with Gasteiger partial charge in [-0.2, -0.15) is 39.9 Å². The van der Waals surface area contributed by atoms with Crippen molar-refractivity contribution in [2.75, 3.05) is 24.3 Å². The third-order valence-corrected chi connectivity index (χ3v) is 7.56. The molecule has 1 aliphatic heterocycles. The van der Waals surface area contributed by atoms with Gasteiger partial charge in [-0.25, -0.2) is 9.48 Å². The highest BCUT2D eigenvalue weighted by Crippen LogP contribution is 2.39. The summed E-state index contributed by atoms with van der Waals surface area (Å²) < 4.78 is 111. The minimum absolute atomic E-state index is 0.0262. The maximum absolute atomic E-state index is 14.1. The molecular weight excluding hydrogens is 634 g/mol. The van der Waals surface area contributed by atoms with Crippen molar-refractivity contribution in [3.05, 3.63) is 81.5 Å². The molecule has 0 radical (unpaired) electrons. The molecule has 4 rings (SSSR count). The molecule has 0 aliphatic carbocycles. The zero-order chi connectivity index (χ0) is 33.3. The predicted molar refractivity (Wildman–Crippen MR) is 148 cm³/mol. The van der Waals surface area contributed by atoms with Gasteiger partial charge in [-0.1, -0.05) is 18.2 Å². The number of nitrogens with zero attached hydrogens (tertiary/aromatic N) is 3. The minimum Gasteiger partial charge on any atom is -0.478 e. The highest BCUT2D eigenvalue weighted by atomic mass is 32.2. The van der Waals surface area contributed by atoms with Crippen LogP contribution in [0.25, 0.3) is 0 Å². The fourth-order valence-corrected chi connectivity index (χ4v) is 5.37. The van der Waals surface area contributed by atoms with E-state index >= 15 is 0 Å². The van der Waals surface area contributed by atoms with Crippen LogP contribution in [0.4, 0.5) is 32.2 Å². The fourth-order valence-electron chi connectivity index (χ4n) is 4.95. The number of nitrogens with one attached hydrogen (secondary N) is 1. The molecule has 10 nitrogen and oxygen atoms in total. The summed E-state index contributed by atoms with van der Waals surface area (Å²) in [6.45, 7) is 0.948. The van der Waals surface area contributed by atoms with Crippen molar-refractivity contribution in [1.29, 1.82) is 0 Å². The Hall–Kier alpha value is -4.12. The average molecular weight is 663 g/mol. The molecule has 0 saturated heterocycles. The van der Waals surface area contributed by atoms with Gasteiger partial charge in [0.15, 0.2) is 5.69 Å². The second-order valence-corrected chi connectivity index (χ2v) is 12.1. The van der Waals surface area contributed by atoms with Crippen LogP contribution in [0, 0.1) is 0 Å². The van der Waals surface area contributed by atoms with E-state index in [1.54, 1.807) is 0 Å². The molecule has 45 heavy (non-hydrogen) atoms. The van der Waals surface area contributed by atoms with Crippen LogP contribution in [0.15, 0.2) is 42.5 Å². The molecule has 244 valence electrons. The van der Waals surface area contributed by atoms with Crippen LogP contribution in [-0.4, -0.2) is 54.6 Å². The molecule has 0 spiro atoms. The molecule has 3 aromatic rings. The van der Waals surface area contributed by atoms with E-state index in [4.69, 9.17) is 5.11 Å². The number of fused-ring (bicyclic) bond motifs is 1. The molecule has 2 aromatic carbocycles. The van der Waals surface area contributed by atoms with Crippen molar-refractivity contribution in [2.24, 2.45) is 0 Å². The van der Waals surface area contributed by atoms with Crippen molar-refractivity contribution in [3.8, 4) is 0 Å². The van der Waals surface area contributed by atoms with Crippen LogP contribution in [0.5, 0.6) is 0 Å². The highest BCUT2D eigenvalue weighted by Gasteiger charge is 2.44. The number of aryl methyl sites for hydroxylation is 1. The summed E-state index contributed by atoms with van der Waals surface area (Å²) >= 11 is 0. The first kappa shape index (κ1) is 33.8. The van der Waals surface area contributed by atoms with Crippen LogP contribution in [0.3, 0.4) is 0 Å². The number of hydrogen-bond donors (Lipinski definition) is 2. The van der Waals surface area contributed by atoms with Gasteiger partial charge in [-0.15, -0.1) is 0 Å². The number of anilines is 1. The first-order valence-corrected chi connectivity index (χ1v) is 15.3. The average Bonchev–Trinajstić information content (AvgIpc) is 3.50. The normalized spacial score (nSPS) is 14.4. The molecule has 1 amide bonds. The monoisotopic (exact) mass is 662 g/mol. The van der Waals surface area contributed by atoms with Crippen LogP contribution in [0.2, 0.25) is 0 Å². The number of hydrogen-bond acceptors (Lipinski definition) is 7. The van der Waals surface area contributed by atoms with Crippen molar-refractivity contribution < 1.29 is 53.6 Å². The number of benzene rings is 2. The summed E-state index contributed by atoms with van der Waals surface area (Å²) in [5.74, 6) is -2.52. The number of carboxylic acid groups (broad SMARTS) is 1. The Morgan fingerprint density at radius 3 is 2.24 bits per heavy atom. The molecule has 1 aliphatic rings. The van der Waals surface area contributed by atoms with E-state index in [1.807, 2.05) is 0 Å². The van der Waals surface area contributed by atoms with E-state index in [-0.39, 0.29) is 61.6 Å². The fraction of sp³-hybridized carbons (Fsp3) is 0.393. The van der Waals surface area contributed by atoms with Crippen molar-refractivity contribution in [1.82, 2.24) is 15.1 Å². The third-order valence-electron chi connectivity index (χ3n) is 6.97. The molecule has 0 bridgehead atoms. The number of carboxylic acids is 1. The summed E-state index contributed by atoms with van der Waals surface area (Å²) in [4.78, 5) is 25.8. The Balaban J connectivity index is 1.63. The minimum atomic E-state index is -5.03. The zero-order valence-electron chi connectivity index (χ0n) is 23.9. The molecule has 1 atom stereocenters. The summed E-state index contributed by atoms with van der Waals surface area (Å²) in [6.07, 6.45) is -8.82. The highest BCUT2D eigenvalue weighted by molar-refractivity contribution is 7.85. The number of carbonyl (C=O) groups excluding carboxylic acids is 1. The number of aromatic nitrogens is 2. The Kier molecular flexibility index (Phi) is 9.53. The molecule has 17 heteroatoms. The lowest BCUT2D eigenvalue weighted by Crippen LogP contribution is -2.31. The van der Waals surface area contributed by atoms with Gasteiger partial charge in [0.05, 0.1) is 36.6 Å². The summed E-state index contributed by atoms with van der Waals surface area (Å²) in [5, 5.41) is 15.2. The lowest BCUT2D eigenvalue weighted by Gasteiger charge is -2.22. The lowest BCUT2D eigenvalue weighted by molar-refractivity contribution is -0.142.